The van der Waals surface area contributed by atoms with Crippen LogP contribution in [0, 0.1) is 13.8 Å². The molecule has 2 heteroatoms. The predicted molar refractivity (Wildman–Crippen MR) is 79.7 cm³/mol. The Hall–Kier alpha value is -1.83. The van der Waals surface area contributed by atoms with Crippen molar-refractivity contribution in [2.24, 2.45) is 0 Å². The Morgan fingerprint density at radius 3 is 2.53 bits per heavy atom. The van der Waals surface area contributed by atoms with Gasteiger partial charge in [-0.25, -0.2) is 4.98 Å². The first-order chi connectivity index (χ1) is 9.41. The third kappa shape index (κ3) is 1.83. The van der Waals surface area contributed by atoms with Crippen LogP contribution in [-0.2, 0) is 5.41 Å². The summed E-state index contributed by atoms with van der Waals surface area (Å²) in [5.41, 5.74) is 4.81. The van der Waals surface area contributed by atoms with E-state index in [2.05, 4.69) is 44.8 Å². The van der Waals surface area contributed by atoms with Crippen LogP contribution in [0.1, 0.15) is 39.0 Å². The van der Waals surface area contributed by atoms with Gasteiger partial charge in [-0.3, -0.25) is 0 Å². The van der Waals surface area contributed by atoms with Gasteiger partial charge in [-0.05, 0) is 36.9 Å². The average Bonchev–Trinajstić information content (AvgIpc) is 2.73. The highest BCUT2D eigenvalue weighted by atomic mass is 16.3. The lowest BCUT2D eigenvalue weighted by Crippen LogP contribution is -2.13. The van der Waals surface area contributed by atoms with Gasteiger partial charge < -0.3 is 4.42 Å². The van der Waals surface area contributed by atoms with Gasteiger partial charge in [0.25, 0.3) is 0 Å². The van der Waals surface area contributed by atoms with Crippen molar-refractivity contribution in [3.05, 3.63) is 41.1 Å². The molecule has 2 aromatic heterocycles. The number of pyridine rings is 1. The normalized spacial score (nSPS) is 13.2. The van der Waals surface area contributed by atoms with Crippen molar-refractivity contribution in [2.45, 2.75) is 40.0 Å². The standard InChI is InChI=1S/C17H19NO/c1-10-6-8-12-13-9-7-11(2)18-16(13)19-15(12)14(10)17(3,4)5/h6-9H,1-5H3/i2D. The second-order valence-corrected chi connectivity index (χ2v) is 6.14. The molecule has 0 N–H and O–H groups in total. The maximum absolute atomic E-state index is 7.42. The van der Waals surface area contributed by atoms with E-state index >= 15 is 0 Å². The summed E-state index contributed by atoms with van der Waals surface area (Å²) >= 11 is 0. The van der Waals surface area contributed by atoms with Crippen molar-refractivity contribution in [2.75, 3.05) is 0 Å². The predicted octanol–water partition coefficient (Wildman–Crippen LogP) is 4.90. The van der Waals surface area contributed by atoms with Gasteiger partial charge in [-0.2, -0.15) is 0 Å². The van der Waals surface area contributed by atoms with Gasteiger partial charge in [0.15, 0.2) is 0 Å². The van der Waals surface area contributed by atoms with Crippen LogP contribution in [0.5, 0.6) is 0 Å². The van der Waals surface area contributed by atoms with E-state index in [1.165, 1.54) is 11.1 Å². The van der Waals surface area contributed by atoms with E-state index in [0.29, 0.717) is 5.71 Å². The van der Waals surface area contributed by atoms with Crippen LogP contribution < -0.4 is 0 Å². The summed E-state index contributed by atoms with van der Waals surface area (Å²) in [6.45, 7) is 8.90. The first-order valence-corrected chi connectivity index (χ1v) is 6.53. The van der Waals surface area contributed by atoms with Gasteiger partial charge >= 0.3 is 0 Å². The highest BCUT2D eigenvalue weighted by molar-refractivity contribution is 6.05. The summed E-state index contributed by atoms with van der Waals surface area (Å²) in [7, 11) is 0. The van der Waals surface area contributed by atoms with Crippen molar-refractivity contribution in [3.8, 4) is 0 Å². The summed E-state index contributed by atoms with van der Waals surface area (Å²) in [5, 5.41) is 2.14. The quantitative estimate of drug-likeness (QED) is 0.570. The number of benzene rings is 1. The number of hydrogen-bond donors (Lipinski definition) is 0. The maximum atomic E-state index is 7.42. The molecule has 19 heavy (non-hydrogen) atoms. The molecule has 2 nitrogen and oxygen atoms in total. The molecule has 0 saturated heterocycles. The molecule has 0 saturated carbocycles. The Kier molecular flexibility index (Phi) is 2.22. The van der Waals surface area contributed by atoms with Crippen LogP contribution >= 0.6 is 0 Å². The summed E-state index contributed by atoms with van der Waals surface area (Å²) in [5.74, 6) is 0. The summed E-state index contributed by atoms with van der Waals surface area (Å²) in [6, 6.07) is 8.17. The minimum absolute atomic E-state index is 0.0235. The van der Waals surface area contributed by atoms with Crippen LogP contribution in [0.15, 0.2) is 28.7 Å². The van der Waals surface area contributed by atoms with Crippen LogP contribution in [0.25, 0.3) is 22.1 Å². The van der Waals surface area contributed by atoms with Gasteiger partial charge in [-0.15, -0.1) is 0 Å². The maximum Gasteiger partial charge on any atom is 0.227 e. The topological polar surface area (TPSA) is 26.0 Å². The van der Waals surface area contributed by atoms with Crippen molar-refractivity contribution < 1.29 is 5.79 Å². The summed E-state index contributed by atoms with van der Waals surface area (Å²) in [6.07, 6.45) is 0. The van der Waals surface area contributed by atoms with E-state index in [1.807, 2.05) is 12.1 Å². The van der Waals surface area contributed by atoms with Crippen LogP contribution in [-0.4, -0.2) is 4.98 Å². The zero-order valence-electron chi connectivity index (χ0n) is 12.9. The molecule has 0 aliphatic rings. The molecule has 3 aromatic rings. The third-order valence-electron chi connectivity index (χ3n) is 3.52. The van der Waals surface area contributed by atoms with Gasteiger partial charge in [0.05, 0.1) is 0 Å². The van der Waals surface area contributed by atoms with E-state index in [-0.39, 0.29) is 12.3 Å². The SMILES string of the molecule is [2H]Cc1ccc2c(n1)oc1c(C(C)(C)C)c(C)ccc12. The zero-order valence-corrected chi connectivity index (χ0v) is 11.9. The average molecular weight is 254 g/mol. The van der Waals surface area contributed by atoms with E-state index in [0.717, 1.165) is 22.0 Å². The summed E-state index contributed by atoms with van der Waals surface area (Å²) in [4.78, 5) is 4.43. The molecule has 1 aromatic carbocycles. The highest BCUT2D eigenvalue weighted by Crippen LogP contribution is 2.37. The Bertz CT molecular complexity index is 796. The molecule has 0 spiro atoms. The fraction of sp³-hybridized carbons (Fsp3) is 0.353. The van der Waals surface area contributed by atoms with Gasteiger partial charge in [0, 0.05) is 23.4 Å². The van der Waals surface area contributed by atoms with Crippen LogP contribution in [0.2, 0.25) is 0 Å². The molecule has 0 aliphatic heterocycles. The molecule has 2 heterocycles. The molecule has 0 amide bonds. The minimum Gasteiger partial charge on any atom is -0.437 e. The molecule has 0 radical (unpaired) electrons. The highest BCUT2D eigenvalue weighted by Gasteiger charge is 2.23. The Labute approximate surface area is 114 Å². The third-order valence-corrected chi connectivity index (χ3v) is 3.52. The monoisotopic (exact) mass is 254 g/mol. The zero-order chi connectivity index (χ0) is 14.5. The largest absolute Gasteiger partial charge is 0.437 e. The van der Waals surface area contributed by atoms with E-state index in [9.17, 15) is 0 Å². The fourth-order valence-corrected chi connectivity index (χ4v) is 2.79. The molecule has 0 bridgehead atoms. The lowest BCUT2D eigenvalue weighted by Gasteiger charge is -2.21. The molecule has 0 fully saturated rings. The Morgan fingerprint density at radius 2 is 1.84 bits per heavy atom. The molecule has 0 unspecified atom stereocenters. The molecule has 3 rings (SSSR count). The number of aromatic nitrogens is 1. The van der Waals surface area contributed by atoms with Gasteiger partial charge in [-0.1, -0.05) is 32.9 Å². The van der Waals surface area contributed by atoms with Crippen LogP contribution in [0.4, 0.5) is 0 Å². The lowest BCUT2D eigenvalue weighted by molar-refractivity contribution is 0.566. The van der Waals surface area contributed by atoms with Crippen molar-refractivity contribution in [3.63, 3.8) is 0 Å². The first-order valence-electron chi connectivity index (χ1n) is 7.24. The second kappa shape index (κ2) is 3.83. The molecule has 98 valence electrons. The van der Waals surface area contributed by atoms with Gasteiger partial charge in [0.1, 0.15) is 5.58 Å². The number of aryl methyl sites for hydroxylation is 2. The molecular formula is C17H19NO. The number of hydrogen-bond acceptors (Lipinski definition) is 2. The molecular weight excluding hydrogens is 234 g/mol. The van der Waals surface area contributed by atoms with Gasteiger partial charge in [0.2, 0.25) is 5.71 Å². The Morgan fingerprint density at radius 1 is 1.11 bits per heavy atom. The molecule has 0 atom stereocenters. The number of rotatable bonds is 0. The number of furan rings is 1. The number of fused-ring (bicyclic) bond motifs is 3. The second-order valence-electron chi connectivity index (χ2n) is 6.14. The summed E-state index contributed by atoms with van der Waals surface area (Å²) < 4.78 is 13.5. The first kappa shape index (κ1) is 11.0. The van der Waals surface area contributed by atoms with Crippen LogP contribution in [0.3, 0.4) is 0 Å². The van der Waals surface area contributed by atoms with E-state index in [1.54, 1.807) is 0 Å². The Balaban J connectivity index is 2.43. The van der Waals surface area contributed by atoms with Crippen molar-refractivity contribution >= 4 is 22.1 Å². The minimum atomic E-state index is 0.0235. The smallest absolute Gasteiger partial charge is 0.227 e. The van der Waals surface area contributed by atoms with Crippen molar-refractivity contribution in [1.82, 2.24) is 4.98 Å². The number of nitrogens with zero attached hydrogens (tertiary/aromatic N) is 1. The van der Waals surface area contributed by atoms with Crippen molar-refractivity contribution in [1.29, 1.82) is 0 Å². The van der Waals surface area contributed by atoms with E-state index in [4.69, 9.17) is 5.79 Å². The lowest BCUT2D eigenvalue weighted by atomic mass is 9.83. The van der Waals surface area contributed by atoms with E-state index < -0.39 is 0 Å². The molecule has 0 aliphatic carbocycles. The fourth-order valence-electron chi connectivity index (χ4n) is 2.79.